The van der Waals surface area contributed by atoms with Crippen LogP contribution in [0.15, 0.2) is 42.5 Å². The van der Waals surface area contributed by atoms with Gasteiger partial charge >= 0.3 is 0 Å². The number of carbonyl (C=O) groups is 5. The zero-order chi connectivity index (χ0) is 27.8. The standard InChI is InChI=1S/C17H16O2.C8H16OS.C6H8O2.CH4/c1-11-7-4-5-8-14(11)17(19)16-10-6-9-15(12(16)2)13(3)18;1-3-4-5-6-7-8(9)10-2;7-5-1-2-6(8)4-3-5;/h4-10H,1-3H3;3-7H2,1-2H3;1-4H2;1H4. The highest BCUT2D eigenvalue weighted by atomic mass is 32.2. The third-order valence-corrected chi connectivity index (χ3v) is 6.83. The van der Waals surface area contributed by atoms with Crippen molar-refractivity contribution in [3.05, 3.63) is 70.3 Å². The molecular weight excluding hydrogens is 496 g/mol. The molecule has 6 heteroatoms. The molecule has 0 heterocycles. The van der Waals surface area contributed by atoms with E-state index in [-0.39, 0.29) is 30.6 Å². The monoisotopic (exact) mass is 540 g/mol. The average molecular weight is 541 g/mol. The molecule has 0 unspecified atom stereocenters. The van der Waals surface area contributed by atoms with Crippen molar-refractivity contribution < 1.29 is 24.0 Å². The van der Waals surface area contributed by atoms with Crippen LogP contribution in [-0.4, -0.2) is 34.5 Å². The van der Waals surface area contributed by atoms with Gasteiger partial charge in [0.1, 0.15) is 11.6 Å². The summed E-state index contributed by atoms with van der Waals surface area (Å²) in [5.41, 5.74) is 3.59. The van der Waals surface area contributed by atoms with Crippen LogP contribution in [0.25, 0.3) is 0 Å². The lowest BCUT2D eigenvalue weighted by Gasteiger charge is -2.10. The van der Waals surface area contributed by atoms with Gasteiger partial charge in [-0.1, -0.05) is 87.8 Å². The molecule has 1 saturated carbocycles. The molecule has 0 amide bonds. The van der Waals surface area contributed by atoms with Crippen LogP contribution >= 0.6 is 11.8 Å². The van der Waals surface area contributed by atoms with Crippen molar-refractivity contribution in [3.63, 3.8) is 0 Å². The molecule has 0 aromatic heterocycles. The van der Waals surface area contributed by atoms with Crippen LogP contribution < -0.4 is 0 Å². The normalized spacial score (nSPS) is 12.2. The topological polar surface area (TPSA) is 85.3 Å². The van der Waals surface area contributed by atoms with Crippen molar-refractivity contribution in [1.82, 2.24) is 0 Å². The number of Topliss-reactive ketones (excluding diaryl/α,β-unsaturated/α-hetero) is 3. The molecule has 38 heavy (non-hydrogen) atoms. The number of unbranched alkanes of at least 4 members (excludes halogenated alkanes) is 3. The summed E-state index contributed by atoms with van der Waals surface area (Å²) in [5.74, 6) is 0.435. The molecule has 3 rings (SSSR count). The van der Waals surface area contributed by atoms with E-state index >= 15 is 0 Å². The van der Waals surface area contributed by atoms with Crippen molar-refractivity contribution in [1.29, 1.82) is 0 Å². The molecule has 0 atom stereocenters. The average Bonchev–Trinajstić information content (AvgIpc) is 2.89. The smallest absolute Gasteiger partial charge is 0.193 e. The summed E-state index contributed by atoms with van der Waals surface area (Å²) in [6, 6.07) is 12.8. The second-order valence-electron chi connectivity index (χ2n) is 9.14. The minimum absolute atomic E-state index is 0. The maximum Gasteiger partial charge on any atom is 0.193 e. The van der Waals surface area contributed by atoms with Crippen molar-refractivity contribution >= 4 is 40.0 Å². The summed E-state index contributed by atoms with van der Waals surface area (Å²) in [5, 5.41) is 0.330. The molecule has 1 fully saturated rings. The van der Waals surface area contributed by atoms with Crippen molar-refractivity contribution in [2.75, 3.05) is 6.26 Å². The highest BCUT2D eigenvalue weighted by Crippen LogP contribution is 2.20. The Morgan fingerprint density at radius 2 is 1.29 bits per heavy atom. The van der Waals surface area contributed by atoms with E-state index in [4.69, 9.17) is 0 Å². The Morgan fingerprint density at radius 3 is 1.79 bits per heavy atom. The number of rotatable bonds is 8. The summed E-state index contributed by atoms with van der Waals surface area (Å²) in [6.07, 6.45) is 9.35. The number of aryl methyl sites for hydroxylation is 1. The third kappa shape index (κ3) is 12.6. The fourth-order valence-corrected chi connectivity index (χ4v) is 4.19. The molecular formula is C32H44O5S. The lowest BCUT2D eigenvalue weighted by molar-refractivity contribution is -0.128. The van der Waals surface area contributed by atoms with Crippen molar-refractivity contribution in [3.8, 4) is 0 Å². The van der Waals surface area contributed by atoms with E-state index in [1.807, 2.05) is 44.4 Å². The van der Waals surface area contributed by atoms with E-state index < -0.39 is 0 Å². The largest absolute Gasteiger partial charge is 0.300 e. The summed E-state index contributed by atoms with van der Waals surface area (Å²) in [4.78, 5) is 55.7. The quantitative estimate of drug-likeness (QED) is 0.250. The van der Waals surface area contributed by atoms with E-state index in [1.54, 1.807) is 18.2 Å². The van der Waals surface area contributed by atoms with Crippen molar-refractivity contribution in [2.24, 2.45) is 0 Å². The Labute approximate surface area is 233 Å². The van der Waals surface area contributed by atoms with Crippen LogP contribution in [-0.2, 0) is 14.4 Å². The fourth-order valence-electron chi connectivity index (χ4n) is 3.84. The minimum atomic E-state index is -0.0290. The van der Waals surface area contributed by atoms with Gasteiger partial charge in [-0.3, -0.25) is 24.0 Å². The first-order valence-electron chi connectivity index (χ1n) is 12.9. The predicted octanol–water partition coefficient (Wildman–Crippen LogP) is 7.92. The van der Waals surface area contributed by atoms with E-state index in [2.05, 4.69) is 6.92 Å². The number of hydrogen-bond acceptors (Lipinski definition) is 6. The van der Waals surface area contributed by atoms with Gasteiger partial charge in [0.05, 0.1) is 0 Å². The van der Waals surface area contributed by atoms with E-state index in [0.717, 1.165) is 24.0 Å². The lowest BCUT2D eigenvalue weighted by Crippen LogP contribution is -2.12. The Hall–Kier alpha value is -2.86. The van der Waals surface area contributed by atoms with Crippen LogP contribution in [0.5, 0.6) is 0 Å². The predicted molar refractivity (Wildman–Crippen MR) is 158 cm³/mol. The Balaban J connectivity index is 0.000000607. The van der Waals surface area contributed by atoms with Crippen LogP contribution in [0.3, 0.4) is 0 Å². The molecule has 0 N–H and O–H groups in total. The number of thioether (sulfide) groups is 1. The molecule has 208 valence electrons. The van der Waals surface area contributed by atoms with Gasteiger partial charge in [-0.2, -0.15) is 0 Å². The van der Waals surface area contributed by atoms with Crippen LogP contribution in [0, 0.1) is 13.8 Å². The molecule has 5 nitrogen and oxygen atoms in total. The van der Waals surface area contributed by atoms with Gasteiger partial charge in [-0.05, 0) is 44.6 Å². The Bertz CT molecular complexity index is 1060. The van der Waals surface area contributed by atoms with E-state index in [0.29, 0.717) is 47.5 Å². The minimum Gasteiger partial charge on any atom is -0.300 e. The van der Waals surface area contributed by atoms with Gasteiger partial charge in [0.25, 0.3) is 0 Å². The second kappa shape index (κ2) is 19.2. The zero-order valence-corrected chi connectivity index (χ0v) is 23.7. The molecule has 1 aliphatic rings. The van der Waals surface area contributed by atoms with Gasteiger partial charge in [0, 0.05) is 48.8 Å². The number of carbonyl (C=O) groups excluding carboxylic acids is 5. The van der Waals surface area contributed by atoms with Gasteiger partial charge in [0.15, 0.2) is 16.7 Å². The summed E-state index contributed by atoms with van der Waals surface area (Å²) >= 11 is 1.34. The molecule has 0 aliphatic heterocycles. The van der Waals surface area contributed by atoms with Crippen molar-refractivity contribution in [2.45, 2.75) is 92.9 Å². The van der Waals surface area contributed by atoms with E-state index in [1.165, 1.54) is 37.9 Å². The summed E-state index contributed by atoms with van der Waals surface area (Å²) < 4.78 is 0. The van der Waals surface area contributed by atoms with Gasteiger partial charge in [-0.15, -0.1) is 0 Å². The van der Waals surface area contributed by atoms with Crippen LogP contribution in [0.1, 0.15) is 116 Å². The molecule has 2 aromatic carbocycles. The fraction of sp³-hybridized carbons (Fsp3) is 0.469. The second-order valence-corrected chi connectivity index (χ2v) is 10.0. The molecule has 0 spiro atoms. The SMILES string of the molecule is C.CC(=O)c1cccc(C(=O)c2ccccc2C)c1C.CCCCCCC(=O)SC.O=C1CCC(=O)CC1. The van der Waals surface area contributed by atoms with Gasteiger partial charge < -0.3 is 0 Å². The molecule has 2 aromatic rings. The Kier molecular flexibility index (Phi) is 17.8. The molecule has 0 radical (unpaired) electrons. The highest BCUT2D eigenvalue weighted by Gasteiger charge is 2.16. The maximum atomic E-state index is 12.6. The number of ketones is 4. The number of hydrogen-bond donors (Lipinski definition) is 0. The Morgan fingerprint density at radius 1 is 0.763 bits per heavy atom. The van der Waals surface area contributed by atoms with Gasteiger partial charge in [0.2, 0.25) is 0 Å². The van der Waals surface area contributed by atoms with Gasteiger partial charge in [-0.25, -0.2) is 0 Å². The first kappa shape index (κ1) is 35.1. The highest BCUT2D eigenvalue weighted by molar-refractivity contribution is 8.13. The van der Waals surface area contributed by atoms with E-state index in [9.17, 15) is 24.0 Å². The lowest BCUT2D eigenvalue weighted by atomic mass is 9.92. The maximum absolute atomic E-state index is 12.6. The molecule has 0 bridgehead atoms. The number of benzene rings is 2. The molecule has 1 aliphatic carbocycles. The molecule has 0 saturated heterocycles. The van der Waals surface area contributed by atoms with Crippen LogP contribution in [0.2, 0.25) is 0 Å². The third-order valence-electron chi connectivity index (χ3n) is 6.17. The zero-order valence-electron chi connectivity index (χ0n) is 22.9. The summed E-state index contributed by atoms with van der Waals surface area (Å²) in [7, 11) is 0. The summed E-state index contributed by atoms with van der Waals surface area (Å²) in [6.45, 7) is 7.43. The first-order valence-corrected chi connectivity index (χ1v) is 14.2. The van der Waals surface area contributed by atoms with Crippen LogP contribution in [0.4, 0.5) is 0 Å². The first-order chi connectivity index (χ1) is 17.6.